The Kier molecular flexibility index (Phi) is 6.12. The van der Waals surface area contributed by atoms with Crippen LogP contribution in [0.3, 0.4) is 0 Å². The maximum atomic E-state index is 6.30. The monoisotopic (exact) mass is 385 g/mol. The van der Waals surface area contributed by atoms with Gasteiger partial charge in [0.05, 0.1) is 0 Å². The van der Waals surface area contributed by atoms with E-state index in [4.69, 9.17) is 23.2 Å². The maximum absolute atomic E-state index is 6.30. The third-order valence-corrected chi connectivity index (χ3v) is 4.45. The van der Waals surface area contributed by atoms with E-state index >= 15 is 0 Å². The Morgan fingerprint density at radius 3 is 2.52 bits per heavy atom. The predicted molar refractivity (Wildman–Crippen MR) is 95.3 cm³/mol. The molecule has 0 saturated heterocycles. The van der Waals surface area contributed by atoms with E-state index in [2.05, 4.69) is 47.2 Å². The molecule has 112 valence electrons. The van der Waals surface area contributed by atoms with Crippen molar-refractivity contribution in [3.63, 3.8) is 0 Å². The zero-order valence-corrected chi connectivity index (χ0v) is 15.1. The van der Waals surface area contributed by atoms with Crippen molar-refractivity contribution < 1.29 is 0 Å². The number of rotatable bonds is 5. The van der Waals surface area contributed by atoms with Crippen molar-refractivity contribution in [1.82, 2.24) is 5.32 Å². The minimum Gasteiger partial charge on any atom is -0.307 e. The van der Waals surface area contributed by atoms with Crippen LogP contribution in [-0.2, 0) is 6.42 Å². The van der Waals surface area contributed by atoms with E-state index in [-0.39, 0.29) is 6.04 Å². The van der Waals surface area contributed by atoms with Gasteiger partial charge in [0, 0.05) is 26.6 Å². The molecule has 0 aliphatic carbocycles. The van der Waals surface area contributed by atoms with Gasteiger partial charge in [-0.15, -0.1) is 0 Å². The highest BCUT2D eigenvalue weighted by atomic mass is 79.9. The van der Waals surface area contributed by atoms with Crippen LogP contribution in [0.5, 0.6) is 0 Å². The molecular weight excluding hydrogens is 369 g/mol. The number of hydrogen-bond acceptors (Lipinski definition) is 1. The topological polar surface area (TPSA) is 12.0 Å². The summed E-state index contributed by atoms with van der Waals surface area (Å²) in [7, 11) is 0. The van der Waals surface area contributed by atoms with Gasteiger partial charge >= 0.3 is 0 Å². The third-order valence-electron chi connectivity index (χ3n) is 3.39. The Hall–Kier alpha value is -0.540. The van der Waals surface area contributed by atoms with Crippen LogP contribution < -0.4 is 5.32 Å². The van der Waals surface area contributed by atoms with Gasteiger partial charge in [0.15, 0.2) is 0 Å². The van der Waals surface area contributed by atoms with Crippen molar-refractivity contribution in [2.75, 3.05) is 0 Å². The van der Waals surface area contributed by atoms with Crippen LogP contribution in [0.4, 0.5) is 0 Å². The van der Waals surface area contributed by atoms with Gasteiger partial charge in [-0.1, -0.05) is 57.3 Å². The lowest BCUT2D eigenvalue weighted by atomic mass is 10.0. The maximum Gasteiger partial charge on any atom is 0.0464 e. The second-order valence-electron chi connectivity index (χ2n) is 5.29. The molecular formula is C17H18BrCl2N. The highest BCUT2D eigenvalue weighted by Gasteiger charge is 2.13. The summed E-state index contributed by atoms with van der Waals surface area (Å²) in [4.78, 5) is 0. The summed E-state index contributed by atoms with van der Waals surface area (Å²) in [5, 5.41) is 5.14. The number of halogens is 3. The number of benzene rings is 2. The first-order chi connectivity index (χ1) is 9.95. The molecule has 0 aromatic heterocycles. The molecule has 0 saturated carbocycles. The zero-order chi connectivity index (χ0) is 15.4. The largest absolute Gasteiger partial charge is 0.307 e. The van der Waals surface area contributed by atoms with E-state index < -0.39 is 0 Å². The number of hydrogen-bond donors (Lipinski definition) is 1. The van der Waals surface area contributed by atoms with E-state index in [1.54, 1.807) is 0 Å². The minimum atomic E-state index is 0.194. The molecule has 0 radical (unpaired) electrons. The van der Waals surface area contributed by atoms with Crippen molar-refractivity contribution in [3.8, 4) is 0 Å². The van der Waals surface area contributed by atoms with Crippen LogP contribution in [0, 0.1) is 0 Å². The van der Waals surface area contributed by atoms with Crippen LogP contribution in [0.25, 0.3) is 0 Å². The first-order valence-corrected chi connectivity index (χ1v) is 8.46. The lowest BCUT2D eigenvalue weighted by Crippen LogP contribution is -2.30. The highest BCUT2D eigenvalue weighted by molar-refractivity contribution is 9.10. The van der Waals surface area contributed by atoms with E-state index in [0.717, 1.165) is 26.5 Å². The lowest BCUT2D eigenvalue weighted by molar-refractivity contribution is 0.477. The normalized spacial score (nSPS) is 14.0. The van der Waals surface area contributed by atoms with Crippen LogP contribution in [0.1, 0.15) is 31.0 Å². The second kappa shape index (κ2) is 7.64. The van der Waals surface area contributed by atoms with Gasteiger partial charge < -0.3 is 5.32 Å². The van der Waals surface area contributed by atoms with Crippen LogP contribution in [0.2, 0.25) is 10.0 Å². The number of nitrogens with one attached hydrogen (secondary N) is 1. The Morgan fingerprint density at radius 1 is 1.10 bits per heavy atom. The third kappa shape index (κ3) is 5.00. The molecule has 2 unspecified atom stereocenters. The molecule has 0 aliphatic rings. The summed E-state index contributed by atoms with van der Waals surface area (Å²) in [6.07, 6.45) is 0.930. The SMILES string of the molecule is CC(Cc1cccc(Cl)c1)NC(C)c1ccc(Br)cc1Cl. The fourth-order valence-corrected chi connectivity index (χ4v) is 3.50. The first-order valence-electron chi connectivity index (χ1n) is 6.91. The second-order valence-corrected chi connectivity index (χ2v) is 7.05. The van der Waals surface area contributed by atoms with Gasteiger partial charge in [-0.25, -0.2) is 0 Å². The molecule has 0 bridgehead atoms. The molecule has 2 aromatic rings. The average Bonchev–Trinajstić information content (AvgIpc) is 2.38. The molecule has 1 nitrogen and oxygen atoms in total. The Morgan fingerprint density at radius 2 is 1.86 bits per heavy atom. The van der Waals surface area contributed by atoms with Gasteiger partial charge in [-0.05, 0) is 55.7 Å². The average molecular weight is 387 g/mol. The molecule has 0 amide bonds. The van der Waals surface area contributed by atoms with Crippen LogP contribution >= 0.6 is 39.1 Å². The first kappa shape index (κ1) is 16.8. The standard InChI is InChI=1S/C17H18BrCl2N/c1-11(8-13-4-3-5-15(19)9-13)21-12(2)16-7-6-14(18)10-17(16)20/h3-7,9-12,21H,8H2,1-2H3. The Balaban J connectivity index is 2.00. The van der Waals surface area contributed by atoms with Crippen molar-refractivity contribution in [1.29, 1.82) is 0 Å². The summed E-state index contributed by atoms with van der Waals surface area (Å²) < 4.78 is 0.996. The van der Waals surface area contributed by atoms with Crippen molar-refractivity contribution in [3.05, 3.63) is 68.1 Å². The Labute approximate surface area is 144 Å². The van der Waals surface area contributed by atoms with Crippen molar-refractivity contribution in [2.45, 2.75) is 32.4 Å². The fraction of sp³-hybridized carbons (Fsp3) is 0.294. The molecule has 21 heavy (non-hydrogen) atoms. The lowest BCUT2D eigenvalue weighted by Gasteiger charge is -2.21. The highest BCUT2D eigenvalue weighted by Crippen LogP contribution is 2.26. The van der Waals surface area contributed by atoms with Crippen molar-refractivity contribution in [2.24, 2.45) is 0 Å². The predicted octanol–water partition coefficient (Wildman–Crippen LogP) is 6.04. The van der Waals surface area contributed by atoms with Gasteiger partial charge in [0.25, 0.3) is 0 Å². The summed E-state index contributed by atoms with van der Waals surface area (Å²) in [6.45, 7) is 4.30. The van der Waals surface area contributed by atoms with Gasteiger partial charge in [0.1, 0.15) is 0 Å². The molecule has 0 fully saturated rings. The molecule has 0 heterocycles. The molecule has 4 heteroatoms. The molecule has 2 rings (SSSR count). The van der Waals surface area contributed by atoms with Gasteiger partial charge in [0.2, 0.25) is 0 Å². The van der Waals surface area contributed by atoms with E-state index in [1.165, 1.54) is 5.56 Å². The smallest absolute Gasteiger partial charge is 0.0464 e. The van der Waals surface area contributed by atoms with Crippen LogP contribution in [-0.4, -0.2) is 6.04 Å². The molecule has 2 aromatic carbocycles. The van der Waals surface area contributed by atoms with Crippen molar-refractivity contribution >= 4 is 39.1 Å². The van der Waals surface area contributed by atoms with Gasteiger partial charge in [-0.3, -0.25) is 0 Å². The summed E-state index contributed by atoms with van der Waals surface area (Å²) in [6, 6.07) is 14.5. The molecule has 1 N–H and O–H groups in total. The Bertz CT molecular complexity index is 615. The van der Waals surface area contributed by atoms with Gasteiger partial charge in [-0.2, -0.15) is 0 Å². The van der Waals surface area contributed by atoms with E-state index in [0.29, 0.717) is 6.04 Å². The summed E-state index contributed by atoms with van der Waals surface area (Å²) in [5.41, 5.74) is 2.34. The summed E-state index contributed by atoms with van der Waals surface area (Å²) >= 11 is 15.8. The van der Waals surface area contributed by atoms with Crippen LogP contribution in [0.15, 0.2) is 46.9 Å². The van der Waals surface area contributed by atoms with E-state index in [1.807, 2.05) is 30.3 Å². The molecule has 0 aliphatic heterocycles. The van der Waals surface area contributed by atoms with E-state index in [9.17, 15) is 0 Å². The zero-order valence-electron chi connectivity index (χ0n) is 12.0. The fourth-order valence-electron chi connectivity index (χ4n) is 2.45. The summed E-state index contributed by atoms with van der Waals surface area (Å²) in [5.74, 6) is 0. The minimum absolute atomic E-state index is 0.194. The molecule has 2 atom stereocenters. The molecule has 0 spiro atoms. The quantitative estimate of drug-likeness (QED) is 0.660.